The third-order valence-electron chi connectivity index (χ3n) is 5.18. The lowest BCUT2D eigenvalue weighted by molar-refractivity contribution is -0.150. The van der Waals surface area contributed by atoms with Gasteiger partial charge in [0.05, 0.1) is 30.1 Å². The minimum Gasteiger partial charge on any atom is -0.466 e. The number of ether oxygens (including phenoxy) is 2. The Balaban J connectivity index is 2.02. The summed E-state index contributed by atoms with van der Waals surface area (Å²) in [6.45, 7) is 1.84. The van der Waals surface area contributed by atoms with Crippen molar-refractivity contribution in [1.82, 2.24) is 0 Å². The number of nitriles is 1. The van der Waals surface area contributed by atoms with E-state index in [9.17, 15) is 18.5 Å². The first-order valence-corrected chi connectivity index (χ1v) is 11.0. The van der Waals surface area contributed by atoms with Crippen LogP contribution in [0.2, 0.25) is 0 Å². The van der Waals surface area contributed by atoms with E-state index in [1.807, 2.05) is 36.4 Å². The summed E-state index contributed by atoms with van der Waals surface area (Å²) >= 11 is 0. The Bertz CT molecular complexity index is 985. The molecule has 0 aromatic heterocycles. The highest BCUT2D eigenvalue weighted by molar-refractivity contribution is 7.93. The minimum atomic E-state index is -4.08. The molecule has 3 atom stereocenters. The molecule has 6 nitrogen and oxygen atoms in total. The van der Waals surface area contributed by atoms with E-state index in [4.69, 9.17) is 9.47 Å². The van der Waals surface area contributed by atoms with Crippen LogP contribution in [0.3, 0.4) is 0 Å². The van der Waals surface area contributed by atoms with Crippen LogP contribution in [0.25, 0.3) is 0 Å². The third kappa shape index (κ3) is 4.04. The van der Waals surface area contributed by atoms with E-state index in [1.54, 1.807) is 25.1 Å². The lowest BCUT2D eigenvalue weighted by Gasteiger charge is -2.41. The number of esters is 1. The molecule has 0 unspecified atom stereocenters. The number of sulfone groups is 1. The van der Waals surface area contributed by atoms with Gasteiger partial charge in [0.1, 0.15) is 6.10 Å². The molecule has 3 rings (SSSR count). The molecule has 0 spiro atoms. The second-order valence-corrected chi connectivity index (χ2v) is 9.10. The second kappa shape index (κ2) is 8.76. The lowest BCUT2D eigenvalue weighted by Crippen LogP contribution is -2.53. The molecule has 1 heterocycles. The fraction of sp³-hybridized carbons (Fsp3) is 0.364. The fourth-order valence-electron chi connectivity index (χ4n) is 3.69. The zero-order chi connectivity index (χ0) is 20.9. The Morgan fingerprint density at radius 3 is 2.38 bits per heavy atom. The van der Waals surface area contributed by atoms with Crippen molar-refractivity contribution in [2.24, 2.45) is 0 Å². The van der Waals surface area contributed by atoms with Crippen LogP contribution in [0.15, 0.2) is 65.6 Å². The summed E-state index contributed by atoms with van der Waals surface area (Å²) in [5.41, 5.74) is 0.880. The highest BCUT2D eigenvalue weighted by Gasteiger charge is 2.56. The third-order valence-corrected chi connectivity index (χ3v) is 7.59. The summed E-state index contributed by atoms with van der Waals surface area (Å²) in [7, 11) is -4.08. The van der Waals surface area contributed by atoms with Gasteiger partial charge >= 0.3 is 5.97 Å². The van der Waals surface area contributed by atoms with Crippen LogP contribution >= 0.6 is 0 Å². The van der Waals surface area contributed by atoms with Crippen LogP contribution in [0.1, 0.15) is 37.9 Å². The molecule has 2 aromatic rings. The first kappa shape index (κ1) is 21.0. The Kier molecular flexibility index (Phi) is 6.36. The summed E-state index contributed by atoms with van der Waals surface area (Å²) in [4.78, 5) is 12.3. The summed E-state index contributed by atoms with van der Waals surface area (Å²) in [6.07, 6.45) is -1.44. The molecule has 1 fully saturated rings. The van der Waals surface area contributed by atoms with Gasteiger partial charge in [0.15, 0.2) is 14.6 Å². The molecule has 0 bridgehead atoms. The average Bonchev–Trinajstić information content (AvgIpc) is 2.75. The Morgan fingerprint density at radius 1 is 1.17 bits per heavy atom. The number of benzene rings is 2. The first-order chi connectivity index (χ1) is 13.9. The molecule has 0 aliphatic carbocycles. The molecule has 1 saturated heterocycles. The number of nitrogens with zero attached hydrogens (tertiary/aromatic N) is 1. The maximum absolute atomic E-state index is 13.5. The Hall–Kier alpha value is -2.69. The molecule has 7 heteroatoms. The molecule has 0 N–H and O–H groups in total. The Morgan fingerprint density at radius 2 is 1.79 bits per heavy atom. The van der Waals surface area contributed by atoms with E-state index < -0.39 is 32.8 Å². The van der Waals surface area contributed by atoms with Crippen LogP contribution in [-0.2, 0) is 24.1 Å². The largest absolute Gasteiger partial charge is 0.466 e. The normalized spacial score (nSPS) is 24.4. The number of carbonyl (C=O) groups excluding carboxylic acids is 1. The van der Waals surface area contributed by atoms with Crippen molar-refractivity contribution in [3.05, 3.63) is 66.2 Å². The van der Waals surface area contributed by atoms with E-state index in [1.165, 1.54) is 12.1 Å². The maximum atomic E-state index is 13.5. The van der Waals surface area contributed by atoms with Gasteiger partial charge in [-0.15, -0.1) is 0 Å². The van der Waals surface area contributed by atoms with Gasteiger partial charge in [-0.3, -0.25) is 4.79 Å². The maximum Gasteiger partial charge on any atom is 0.308 e. The summed E-state index contributed by atoms with van der Waals surface area (Å²) < 4.78 is 36.2. The van der Waals surface area contributed by atoms with Crippen molar-refractivity contribution in [2.75, 3.05) is 6.61 Å². The average molecular weight is 413 g/mol. The molecule has 29 heavy (non-hydrogen) atoms. The fourth-order valence-corrected chi connectivity index (χ4v) is 5.61. The molecule has 0 amide bonds. The number of hydrogen-bond donors (Lipinski definition) is 0. The Labute approximate surface area is 171 Å². The zero-order valence-corrected chi connectivity index (χ0v) is 17.0. The number of carbonyl (C=O) groups is 1. The standard InChI is InChI=1S/C22H23NO5S/c1-2-27-21(24)15-20-22(16-23,29(25,26)18-11-7-4-8-12-18)14-13-19(28-20)17-9-5-3-6-10-17/h3-12,19-20H,2,13-15H2,1H3/t19-,20-,22-/m1/s1. The van der Waals surface area contributed by atoms with Crippen LogP contribution in [0, 0.1) is 11.3 Å². The van der Waals surface area contributed by atoms with Gasteiger partial charge in [-0.25, -0.2) is 8.42 Å². The number of hydrogen-bond acceptors (Lipinski definition) is 6. The van der Waals surface area contributed by atoms with Gasteiger partial charge in [0.25, 0.3) is 0 Å². The van der Waals surface area contributed by atoms with Gasteiger partial charge in [0, 0.05) is 0 Å². The van der Waals surface area contributed by atoms with E-state index in [0.29, 0.717) is 6.42 Å². The van der Waals surface area contributed by atoms with E-state index >= 15 is 0 Å². The van der Waals surface area contributed by atoms with Gasteiger partial charge in [-0.2, -0.15) is 5.26 Å². The monoisotopic (exact) mass is 413 g/mol. The first-order valence-electron chi connectivity index (χ1n) is 9.51. The molecule has 0 saturated carbocycles. The molecular formula is C22H23NO5S. The van der Waals surface area contributed by atoms with Gasteiger partial charge in [-0.05, 0) is 37.5 Å². The van der Waals surface area contributed by atoms with Crippen molar-refractivity contribution in [3.8, 4) is 6.07 Å². The van der Waals surface area contributed by atoms with Crippen molar-refractivity contribution in [1.29, 1.82) is 5.26 Å². The van der Waals surface area contributed by atoms with Crippen LogP contribution in [0.5, 0.6) is 0 Å². The van der Waals surface area contributed by atoms with Crippen molar-refractivity contribution in [3.63, 3.8) is 0 Å². The van der Waals surface area contributed by atoms with Gasteiger partial charge < -0.3 is 9.47 Å². The zero-order valence-electron chi connectivity index (χ0n) is 16.2. The quantitative estimate of drug-likeness (QED) is 0.672. The van der Waals surface area contributed by atoms with Gasteiger partial charge in [-0.1, -0.05) is 48.5 Å². The van der Waals surface area contributed by atoms with Crippen LogP contribution < -0.4 is 0 Å². The molecule has 152 valence electrons. The highest BCUT2D eigenvalue weighted by Crippen LogP contribution is 2.44. The molecular weight excluding hydrogens is 390 g/mol. The molecule has 1 aliphatic heterocycles. The number of rotatable bonds is 6. The second-order valence-electron chi connectivity index (χ2n) is 6.89. The summed E-state index contributed by atoms with van der Waals surface area (Å²) in [5, 5.41) is 10.0. The van der Waals surface area contributed by atoms with Crippen molar-refractivity contribution in [2.45, 2.75) is 48.0 Å². The molecule has 2 aromatic carbocycles. The summed E-state index contributed by atoms with van der Waals surface area (Å²) in [5.74, 6) is -0.589. The van der Waals surface area contributed by atoms with Crippen LogP contribution in [0.4, 0.5) is 0 Å². The predicted molar refractivity (Wildman–Crippen MR) is 107 cm³/mol. The molecule has 1 aliphatic rings. The van der Waals surface area contributed by atoms with Crippen molar-refractivity contribution < 1.29 is 22.7 Å². The van der Waals surface area contributed by atoms with Crippen molar-refractivity contribution >= 4 is 15.8 Å². The SMILES string of the molecule is CCOC(=O)C[C@H]1O[C@@H](c2ccccc2)CC[C@]1(C#N)S(=O)(=O)c1ccccc1. The smallest absolute Gasteiger partial charge is 0.308 e. The summed E-state index contributed by atoms with van der Waals surface area (Å²) in [6, 6.07) is 19.2. The highest BCUT2D eigenvalue weighted by atomic mass is 32.2. The van der Waals surface area contributed by atoms with Gasteiger partial charge in [0.2, 0.25) is 0 Å². The van der Waals surface area contributed by atoms with E-state index in [-0.39, 0.29) is 24.3 Å². The lowest BCUT2D eigenvalue weighted by atomic mass is 9.88. The minimum absolute atomic E-state index is 0.0390. The predicted octanol–water partition coefficient (Wildman–Crippen LogP) is 3.60. The van der Waals surface area contributed by atoms with E-state index in [2.05, 4.69) is 0 Å². The molecule has 0 radical (unpaired) electrons. The van der Waals surface area contributed by atoms with E-state index in [0.717, 1.165) is 5.56 Å². The topological polar surface area (TPSA) is 93.5 Å². The van der Waals surface area contributed by atoms with Crippen LogP contribution in [-0.4, -0.2) is 31.8 Å².